The zero-order chi connectivity index (χ0) is 13.8. The molecule has 104 valence electrons. The number of nitrogen functional groups attached to an aromatic ring is 1. The van der Waals surface area contributed by atoms with E-state index in [1.54, 1.807) is 6.20 Å². The summed E-state index contributed by atoms with van der Waals surface area (Å²) in [6.07, 6.45) is 2.85. The standard InChI is InChI=1S/C16H19N3O/c17-14-6-7-16(18-12-14)19-9-8-15(20-11-10-19)13-4-2-1-3-5-13/h1-7,12,15H,8-11,17H2. The van der Waals surface area contributed by atoms with E-state index in [-0.39, 0.29) is 6.10 Å². The average Bonchev–Trinajstić information content (AvgIpc) is 2.75. The number of hydrogen-bond acceptors (Lipinski definition) is 4. The molecule has 1 aromatic heterocycles. The van der Waals surface area contributed by atoms with Crippen LogP contribution in [0.15, 0.2) is 48.7 Å². The summed E-state index contributed by atoms with van der Waals surface area (Å²) >= 11 is 0. The molecule has 1 aliphatic rings. The predicted octanol–water partition coefficient (Wildman–Crippen LogP) is 2.63. The highest BCUT2D eigenvalue weighted by atomic mass is 16.5. The largest absolute Gasteiger partial charge is 0.397 e. The maximum absolute atomic E-state index is 5.97. The summed E-state index contributed by atoms with van der Waals surface area (Å²) in [4.78, 5) is 6.64. The van der Waals surface area contributed by atoms with Crippen molar-refractivity contribution in [3.8, 4) is 0 Å². The van der Waals surface area contributed by atoms with Gasteiger partial charge in [0.25, 0.3) is 0 Å². The van der Waals surface area contributed by atoms with Crippen molar-refractivity contribution in [2.45, 2.75) is 12.5 Å². The minimum Gasteiger partial charge on any atom is -0.397 e. The van der Waals surface area contributed by atoms with Gasteiger partial charge in [-0.2, -0.15) is 0 Å². The topological polar surface area (TPSA) is 51.4 Å². The molecule has 0 spiro atoms. The van der Waals surface area contributed by atoms with Gasteiger partial charge in [0.05, 0.1) is 24.6 Å². The van der Waals surface area contributed by atoms with E-state index in [1.807, 2.05) is 18.2 Å². The Bertz CT molecular complexity index is 541. The number of benzene rings is 1. The number of nitrogens with zero attached hydrogens (tertiary/aromatic N) is 2. The summed E-state index contributed by atoms with van der Waals surface area (Å²) in [6.45, 7) is 2.52. The van der Waals surface area contributed by atoms with Gasteiger partial charge in [-0.15, -0.1) is 0 Å². The Hall–Kier alpha value is -2.07. The highest BCUT2D eigenvalue weighted by Gasteiger charge is 2.19. The highest BCUT2D eigenvalue weighted by Crippen LogP contribution is 2.25. The molecule has 1 saturated heterocycles. The first-order chi connectivity index (χ1) is 9.83. The Morgan fingerprint density at radius 2 is 1.95 bits per heavy atom. The van der Waals surface area contributed by atoms with Crippen molar-refractivity contribution in [1.82, 2.24) is 4.98 Å². The Morgan fingerprint density at radius 1 is 1.10 bits per heavy atom. The van der Waals surface area contributed by atoms with Crippen LogP contribution in [0.5, 0.6) is 0 Å². The summed E-state index contributed by atoms with van der Waals surface area (Å²) in [5.41, 5.74) is 7.63. The molecule has 1 unspecified atom stereocenters. The smallest absolute Gasteiger partial charge is 0.128 e. The molecule has 1 aromatic carbocycles. The molecule has 0 saturated carbocycles. The summed E-state index contributed by atoms with van der Waals surface area (Å²) in [5, 5.41) is 0. The van der Waals surface area contributed by atoms with Gasteiger partial charge in [0.2, 0.25) is 0 Å². The third-order valence-electron chi connectivity index (χ3n) is 3.61. The molecule has 2 heterocycles. The van der Waals surface area contributed by atoms with Crippen molar-refractivity contribution in [2.24, 2.45) is 0 Å². The maximum Gasteiger partial charge on any atom is 0.128 e. The summed E-state index contributed by atoms with van der Waals surface area (Å²) in [6, 6.07) is 14.3. The molecule has 0 amide bonds. The fourth-order valence-electron chi connectivity index (χ4n) is 2.52. The number of anilines is 2. The number of nitrogens with two attached hydrogens (primary N) is 1. The lowest BCUT2D eigenvalue weighted by Crippen LogP contribution is -2.26. The molecule has 0 radical (unpaired) electrons. The molecule has 4 nitrogen and oxygen atoms in total. The lowest BCUT2D eigenvalue weighted by atomic mass is 10.1. The van der Waals surface area contributed by atoms with Gasteiger partial charge in [0.15, 0.2) is 0 Å². The molecule has 3 rings (SSSR count). The van der Waals surface area contributed by atoms with Crippen LogP contribution in [-0.2, 0) is 4.74 Å². The summed E-state index contributed by atoms with van der Waals surface area (Å²) in [5.74, 6) is 0.969. The van der Waals surface area contributed by atoms with Gasteiger partial charge in [-0.1, -0.05) is 30.3 Å². The Labute approximate surface area is 119 Å². The number of ether oxygens (including phenoxy) is 1. The van der Waals surface area contributed by atoms with Gasteiger partial charge < -0.3 is 15.4 Å². The van der Waals surface area contributed by atoms with E-state index in [4.69, 9.17) is 10.5 Å². The average molecular weight is 269 g/mol. The van der Waals surface area contributed by atoms with E-state index in [0.29, 0.717) is 12.3 Å². The third kappa shape index (κ3) is 2.91. The van der Waals surface area contributed by atoms with Crippen LogP contribution < -0.4 is 10.6 Å². The maximum atomic E-state index is 5.97. The van der Waals surface area contributed by atoms with Crippen molar-refractivity contribution < 1.29 is 4.74 Å². The SMILES string of the molecule is Nc1ccc(N2CCOC(c3ccccc3)CC2)nc1. The van der Waals surface area contributed by atoms with Crippen molar-refractivity contribution in [3.63, 3.8) is 0 Å². The molecule has 0 bridgehead atoms. The number of pyridine rings is 1. The third-order valence-corrected chi connectivity index (χ3v) is 3.61. The van der Waals surface area contributed by atoms with Crippen molar-refractivity contribution in [1.29, 1.82) is 0 Å². The van der Waals surface area contributed by atoms with E-state index < -0.39 is 0 Å². The number of rotatable bonds is 2. The molecule has 1 fully saturated rings. The zero-order valence-electron chi connectivity index (χ0n) is 11.4. The van der Waals surface area contributed by atoms with Crippen LogP contribution in [0.4, 0.5) is 11.5 Å². The fraction of sp³-hybridized carbons (Fsp3) is 0.312. The van der Waals surface area contributed by atoms with Gasteiger partial charge in [0.1, 0.15) is 5.82 Å². The molecule has 1 aliphatic heterocycles. The molecule has 2 aromatic rings. The fourth-order valence-corrected chi connectivity index (χ4v) is 2.52. The van der Waals surface area contributed by atoms with Crippen molar-refractivity contribution in [3.05, 3.63) is 54.2 Å². The van der Waals surface area contributed by atoms with Crippen LogP contribution in [0.1, 0.15) is 18.1 Å². The normalized spacial score (nSPS) is 19.6. The van der Waals surface area contributed by atoms with Gasteiger partial charge >= 0.3 is 0 Å². The van der Waals surface area contributed by atoms with Gasteiger partial charge in [-0.25, -0.2) is 4.98 Å². The van der Waals surface area contributed by atoms with Crippen LogP contribution in [0.3, 0.4) is 0 Å². The Balaban J connectivity index is 1.69. The number of aromatic nitrogens is 1. The second-order valence-corrected chi connectivity index (χ2v) is 5.00. The lowest BCUT2D eigenvalue weighted by molar-refractivity contribution is 0.0647. The Kier molecular flexibility index (Phi) is 3.83. The van der Waals surface area contributed by atoms with Gasteiger partial charge in [0, 0.05) is 13.1 Å². The minimum atomic E-state index is 0.176. The van der Waals surface area contributed by atoms with E-state index in [1.165, 1.54) is 5.56 Å². The van der Waals surface area contributed by atoms with Crippen LogP contribution in [0, 0.1) is 0 Å². The molecule has 20 heavy (non-hydrogen) atoms. The van der Waals surface area contributed by atoms with E-state index in [9.17, 15) is 0 Å². The highest BCUT2D eigenvalue weighted by molar-refractivity contribution is 5.45. The van der Waals surface area contributed by atoms with E-state index >= 15 is 0 Å². The lowest BCUT2D eigenvalue weighted by Gasteiger charge is -2.20. The first kappa shape index (κ1) is 12.9. The van der Waals surface area contributed by atoms with Crippen LogP contribution in [0.2, 0.25) is 0 Å². The monoisotopic (exact) mass is 269 g/mol. The number of hydrogen-bond donors (Lipinski definition) is 1. The van der Waals surface area contributed by atoms with Crippen molar-refractivity contribution >= 4 is 11.5 Å². The predicted molar refractivity (Wildman–Crippen MR) is 80.6 cm³/mol. The minimum absolute atomic E-state index is 0.176. The molecule has 4 heteroatoms. The van der Waals surface area contributed by atoms with Crippen LogP contribution in [0.25, 0.3) is 0 Å². The van der Waals surface area contributed by atoms with Gasteiger partial charge in [-0.05, 0) is 24.1 Å². The first-order valence-corrected chi connectivity index (χ1v) is 6.96. The zero-order valence-corrected chi connectivity index (χ0v) is 11.4. The molecular formula is C16H19N3O. The van der Waals surface area contributed by atoms with E-state index in [2.05, 4.69) is 34.1 Å². The molecule has 2 N–H and O–H groups in total. The molecule has 1 atom stereocenters. The summed E-state index contributed by atoms with van der Waals surface area (Å²) < 4.78 is 5.97. The van der Waals surface area contributed by atoms with Crippen LogP contribution in [-0.4, -0.2) is 24.7 Å². The molecule has 0 aliphatic carbocycles. The first-order valence-electron chi connectivity index (χ1n) is 6.96. The second-order valence-electron chi connectivity index (χ2n) is 5.00. The van der Waals surface area contributed by atoms with Crippen LogP contribution >= 0.6 is 0 Å². The van der Waals surface area contributed by atoms with Crippen molar-refractivity contribution in [2.75, 3.05) is 30.3 Å². The van der Waals surface area contributed by atoms with Gasteiger partial charge in [-0.3, -0.25) is 0 Å². The summed E-state index contributed by atoms with van der Waals surface area (Å²) in [7, 11) is 0. The van der Waals surface area contributed by atoms with E-state index in [0.717, 1.165) is 25.3 Å². The molecular weight excluding hydrogens is 250 g/mol. The Morgan fingerprint density at radius 3 is 2.70 bits per heavy atom. The quantitative estimate of drug-likeness (QED) is 0.910. The second kappa shape index (κ2) is 5.92.